The van der Waals surface area contributed by atoms with Gasteiger partial charge in [-0.25, -0.2) is 12.8 Å². The number of hydrogen-bond donors (Lipinski definition) is 1. The third kappa shape index (κ3) is 2.65. The highest BCUT2D eigenvalue weighted by molar-refractivity contribution is 9.10. The van der Waals surface area contributed by atoms with Crippen LogP contribution >= 0.6 is 15.9 Å². The molecule has 0 radical (unpaired) electrons. The van der Waals surface area contributed by atoms with Crippen LogP contribution in [0.1, 0.15) is 12.8 Å². The van der Waals surface area contributed by atoms with Gasteiger partial charge in [0.1, 0.15) is 11.9 Å². The molecule has 2 rings (SSSR count). The minimum Gasteiger partial charge on any atom is -0.368 e. The lowest BCUT2D eigenvalue weighted by molar-refractivity contribution is -0.121. The van der Waals surface area contributed by atoms with Crippen LogP contribution in [0.5, 0.6) is 0 Å². The van der Waals surface area contributed by atoms with Gasteiger partial charge in [0.15, 0.2) is 0 Å². The van der Waals surface area contributed by atoms with E-state index in [1.54, 1.807) is 0 Å². The van der Waals surface area contributed by atoms with Gasteiger partial charge in [0.25, 0.3) is 0 Å². The first kappa shape index (κ1) is 14.4. The van der Waals surface area contributed by atoms with E-state index in [0.717, 1.165) is 16.4 Å². The maximum atomic E-state index is 13.0. The van der Waals surface area contributed by atoms with E-state index in [1.807, 2.05) is 0 Å². The number of nitrogens with zero attached hydrogens (tertiary/aromatic N) is 1. The third-order valence-corrected chi connectivity index (χ3v) is 5.90. The van der Waals surface area contributed by atoms with Crippen LogP contribution in [-0.4, -0.2) is 31.2 Å². The molecule has 0 bridgehead atoms. The van der Waals surface area contributed by atoms with Crippen molar-refractivity contribution in [3.8, 4) is 0 Å². The molecule has 0 spiro atoms. The highest BCUT2D eigenvalue weighted by Gasteiger charge is 2.39. The lowest BCUT2D eigenvalue weighted by Gasteiger charge is -2.22. The van der Waals surface area contributed by atoms with Crippen LogP contribution < -0.4 is 5.73 Å². The lowest BCUT2D eigenvalue weighted by atomic mass is 10.2. The Bertz CT molecular complexity index is 620. The maximum Gasteiger partial charge on any atom is 0.244 e. The predicted molar refractivity (Wildman–Crippen MR) is 70.2 cm³/mol. The van der Waals surface area contributed by atoms with Gasteiger partial charge in [0.05, 0.1) is 4.90 Å². The first-order valence-corrected chi connectivity index (χ1v) is 7.83. The second-order valence-corrected chi connectivity index (χ2v) is 6.96. The molecule has 1 atom stereocenters. The normalized spacial score (nSPS) is 20.6. The molecular weight excluding hydrogens is 339 g/mol. The van der Waals surface area contributed by atoms with Crippen LogP contribution in [0.25, 0.3) is 0 Å². The SMILES string of the molecule is NC(=O)[C@@H]1CCCN1S(=O)(=O)c1ccc(F)cc1Br. The number of amides is 1. The monoisotopic (exact) mass is 350 g/mol. The number of nitrogens with two attached hydrogens (primary N) is 1. The summed E-state index contributed by atoms with van der Waals surface area (Å²) in [6.45, 7) is 0.236. The van der Waals surface area contributed by atoms with Gasteiger partial charge in [0.2, 0.25) is 15.9 Å². The molecule has 2 N–H and O–H groups in total. The van der Waals surface area contributed by atoms with Crippen LogP contribution in [0, 0.1) is 5.82 Å². The smallest absolute Gasteiger partial charge is 0.244 e. The molecule has 1 fully saturated rings. The Morgan fingerprint density at radius 2 is 2.16 bits per heavy atom. The topological polar surface area (TPSA) is 80.5 Å². The van der Waals surface area contributed by atoms with Gasteiger partial charge >= 0.3 is 0 Å². The number of primary amides is 1. The van der Waals surface area contributed by atoms with E-state index in [2.05, 4.69) is 15.9 Å². The van der Waals surface area contributed by atoms with Crippen LogP contribution in [-0.2, 0) is 14.8 Å². The fraction of sp³-hybridized carbons (Fsp3) is 0.364. The lowest BCUT2D eigenvalue weighted by Crippen LogP contribution is -2.43. The van der Waals surface area contributed by atoms with Gasteiger partial charge in [-0.05, 0) is 47.0 Å². The van der Waals surface area contributed by atoms with E-state index in [-0.39, 0.29) is 15.9 Å². The minimum atomic E-state index is -3.86. The number of carbonyl (C=O) groups excluding carboxylic acids is 1. The molecule has 5 nitrogen and oxygen atoms in total. The Morgan fingerprint density at radius 3 is 2.74 bits per heavy atom. The zero-order valence-corrected chi connectivity index (χ0v) is 12.2. The van der Waals surface area contributed by atoms with Crippen molar-refractivity contribution in [1.29, 1.82) is 0 Å². The molecule has 1 heterocycles. The van der Waals surface area contributed by atoms with E-state index in [9.17, 15) is 17.6 Å². The Labute approximate surface area is 118 Å². The highest BCUT2D eigenvalue weighted by Crippen LogP contribution is 2.30. The van der Waals surface area contributed by atoms with E-state index in [1.165, 1.54) is 6.07 Å². The molecule has 0 saturated carbocycles. The van der Waals surface area contributed by atoms with E-state index >= 15 is 0 Å². The molecule has 19 heavy (non-hydrogen) atoms. The van der Waals surface area contributed by atoms with Crippen LogP contribution in [0.15, 0.2) is 27.6 Å². The van der Waals surface area contributed by atoms with Gasteiger partial charge in [-0.2, -0.15) is 4.31 Å². The zero-order chi connectivity index (χ0) is 14.2. The number of sulfonamides is 1. The van der Waals surface area contributed by atoms with E-state index in [0.29, 0.717) is 12.8 Å². The van der Waals surface area contributed by atoms with Gasteiger partial charge < -0.3 is 5.73 Å². The molecule has 1 aromatic carbocycles. The third-order valence-electron chi connectivity index (χ3n) is 3.01. The molecule has 0 unspecified atom stereocenters. The molecule has 0 aromatic heterocycles. The summed E-state index contributed by atoms with van der Waals surface area (Å²) in [4.78, 5) is 11.2. The van der Waals surface area contributed by atoms with Crippen molar-refractivity contribution in [3.63, 3.8) is 0 Å². The fourth-order valence-corrected chi connectivity index (χ4v) is 4.80. The average molecular weight is 351 g/mol. The second kappa shape index (κ2) is 5.18. The van der Waals surface area contributed by atoms with Crippen molar-refractivity contribution in [2.75, 3.05) is 6.54 Å². The number of rotatable bonds is 3. The summed E-state index contributed by atoms with van der Waals surface area (Å²) in [5.41, 5.74) is 5.21. The van der Waals surface area contributed by atoms with Crippen molar-refractivity contribution in [3.05, 3.63) is 28.5 Å². The zero-order valence-electron chi connectivity index (χ0n) is 9.84. The Balaban J connectivity index is 2.45. The van der Waals surface area contributed by atoms with Crippen LogP contribution in [0.2, 0.25) is 0 Å². The quantitative estimate of drug-likeness (QED) is 0.889. The molecule has 1 aliphatic heterocycles. The molecule has 1 amide bonds. The summed E-state index contributed by atoms with van der Waals surface area (Å²) >= 11 is 3.02. The summed E-state index contributed by atoms with van der Waals surface area (Å²) in [5, 5.41) is 0. The Hall–Kier alpha value is -0.990. The minimum absolute atomic E-state index is 0.0675. The molecule has 8 heteroatoms. The highest BCUT2D eigenvalue weighted by atomic mass is 79.9. The van der Waals surface area contributed by atoms with E-state index < -0.39 is 27.8 Å². The molecule has 1 saturated heterocycles. The number of benzene rings is 1. The van der Waals surface area contributed by atoms with Gasteiger partial charge in [-0.1, -0.05) is 0 Å². The first-order valence-electron chi connectivity index (χ1n) is 5.60. The molecule has 1 aromatic rings. The maximum absolute atomic E-state index is 13.0. The Morgan fingerprint density at radius 1 is 1.47 bits per heavy atom. The number of halogens is 2. The number of carbonyl (C=O) groups is 1. The summed E-state index contributed by atoms with van der Waals surface area (Å²) in [7, 11) is -3.86. The molecule has 104 valence electrons. The van der Waals surface area contributed by atoms with Crippen LogP contribution in [0.4, 0.5) is 4.39 Å². The van der Waals surface area contributed by atoms with Crippen molar-refractivity contribution >= 4 is 31.9 Å². The largest absolute Gasteiger partial charge is 0.368 e. The molecule has 1 aliphatic rings. The van der Waals surface area contributed by atoms with Gasteiger partial charge in [0, 0.05) is 11.0 Å². The van der Waals surface area contributed by atoms with Crippen molar-refractivity contribution < 1.29 is 17.6 Å². The standard InChI is InChI=1S/C11H12BrFN2O3S/c12-8-6-7(13)3-4-10(8)19(17,18)15-5-1-2-9(15)11(14)16/h3-4,6,9H,1-2,5H2,(H2,14,16)/t9-/m0/s1. The summed E-state index contributed by atoms with van der Waals surface area (Å²) in [6.07, 6.45) is 0.985. The average Bonchev–Trinajstić information content (AvgIpc) is 2.77. The molecule has 0 aliphatic carbocycles. The number of hydrogen-bond acceptors (Lipinski definition) is 3. The summed E-state index contributed by atoms with van der Waals surface area (Å²) < 4.78 is 39.1. The predicted octanol–water partition coefficient (Wildman–Crippen LogP) is 1.23. The van der Waals surface area contributed by atoms with Gasteiger partial charge in [-0.3, -0.25) is 4.79 Å². The van der Waals surface area contributed by atoms with Crippen molar-refractivity contribution in [2.45, 2.75) is 23.8 Å². The second-order valence-electron chi connectivity index (χ2n) is 4.25. The van der Waals surface area contributed by atoms with Crippen LogP contribution in [0.3, 0.4) is 0 Å². The Kier molecular flexibility index (Phi) is 3.93. The van der Waals surface area contributed by atoms with Crippen molar-refractivity contribution in [2.24, 2.45) is 5.73 Å². The van der Waals surface area contributed by atoms with Gasteiger partial charge in [-0.15, -0.1) is 0 Å². The molecular formula is C11H12BrFN2O3S. The summed E-state index contributed by atoms with van der Waals surface area (Å²) in [6, 6.07) is 2.47. The first-order chi connectivity index (χ1) is 8.84. The van der Waals surface area contributed by atoms with Crippen molar-refractivity contribution in [1.82, 2.24) is 4.31 Å². The van der Waals surface area contributed by atoms with E-state index in [4.69, 9.17) is 5.73 Å². The fourth-order valence-electron chi connectivity index (χ4n) is 2.12. The summed E-state index contributed by atoms with van der Waals surface area (Å²) in [5.74, 6) is -1.21.